The first-order valence-corrected chi connectivity index (χ1v) is 5.91. The van der Waals surface area contributed by atoms with Gasteiger partial charge in [-0.3, -0.25) is 15.2 Å². The fraction of sp³-hybridized carbons (Fsp3) is 0.417. The van der Waals surface area contributed by atoms with Gasteiger partial charge in [0.1, 0.15) is 0 Å². The highest BCUT2D eigenvalue weighted by molar-refractivity contribution is 6.04. The van der Waals surface area contributed by atoms with E-state index in [0.29, 0.717) is 0 Å². The number of hydrogen-bond acceptors (Lipinski definition) is 4. The smallest absolute Gasteiger partial charge is 0.338 e. The molecule has 1 fully saturated rings. The predicted molar refractivity (Wildman–Crippen MR) is 64.1 cm³/mol. The van der Waals surface area contributed by atoms with E-state index in [9.17, 15) is 9.59 Å². The van der Waals surface area contributed by atoms with Gasteiger partial charge >= 0.3 is 5.97 Å². The van der Waals surface area contributed by atoms with Gasteiger partial charge in [0.2, 0.25) is 0 Å². The molecule has 1 aliphatic rings. The first-order valence-electron chi connectivity index (χ1n) is 5.91. The van der Waals surface area contributed by atoms with E-state index in [1.165, 1.54) is 24.9 Å². The van der Waals surface area contributed by atoms with E-state index >= 15 is 0 Å². The molecule has 96 valence electrons. The summed E-state index contributed by atoms with van der Waals surface area (Å²) in [5.74, 6) is -1.54. The maximum atomic E-state index is 12.0. The van der Waals surface area contributed by atoms with Gasteiger partial charge in [0.05, 0.1) is 11.1 Å². The van der Waals surface area contributed by atoms with Crippen molar-refractivity contribution in [2.75, 3.05) is 13.1 Å². The van der Waals surface area contributed by atoms with Crippen LogP contribution in [0.15, 0.2) is 18.5 Å². The summed E-state index contributed by atoms with van der Waals surface area (Å²) in [5.41, 5.74) is 2.80. The van der Waals surface area contributed by atoms with Crippen molar-refractivity contribution >= 4 is 11.9 Å². The van der Waals surface area contributed by atoms with Crippen LogP contribution in [-0.4, -0.2) is 40.1 Å². The zero-order chi connectivity index (χ0) is 13.0. The number of piperidine rings is 1. The largest absolute Gasteiger partial charge is 0.478 e. The molecule has 6 heteroatoms. The Hall–Kier alpha value is -1.95. The van der Waals surface area contributed by atoms with E-state index in [4.69, 9.17) is 5.11 Å². The molecule has 0 spiro atoms. The maximum absolute atomic E-state index is 12.0. The number of pyridine rings is 1. The lowest BCUT2D eigenvalue weighted by atomic mass is 10.1. The van der Waals surface area contributed by atoms with Crippen LogP contribution in [0, 0.1) is 0 Å². The molecule has 18 heavy (non-hydrogen) atoms. The van der Waals surface area contributed by atoms with Crippen molar-refractivity contribution in [1.29, 1.82) is 0 Å². The Morgan fingerprint density at radius 1 is 1.22 bits per heavy atom. The van der Waals surface area contributed by atoms with Gasteiger partial charge in [0, 0.05) is 25.5 Å². The summed E-state index contributed by atoms with van der Waals surface area (Å²) in [7, 11) is 0. The van der Waals surface area contributed by atoms with E-state index in [-0.39, 0.29) is 11.1 Å². The molecule has 2 N–H and O–H groups in total. The lowest BCUT2D eigenvalue weighted by Crippen LogP contribution is -2.45. The summed E-state index contributed by atoms with van der Waals surface area (Å²) in [6.45, 7) is 1.61. The standard InChI is InChI=1S/C12H15N3O3/c16-11(14-15-6-2-1-3-7-15)9-4-5-13-8-10(9)12(17)18/h4-5,8H,1-3,6-7H2,(H,14,16)(H,17,18). The van der Waals surface area contributed by atoms with E-state index in [2.05, 4.69) is 10.4 Å². The van der Waals surface area contributed by atoms with Gasteiger partial charge in [-0.25, -0.2) is 9.80 Å². The Labute approximate surface area is 105 Å². The normalized spacial score (nSPS) is 16.2. The number of carboxylic acid groups (broad SMARTS) is 1. The monoisotopic (exact) mass is 249 g/mol. The second kappa shape index (κ2) is 5.59. The third-order valence-electron chi connectivity index (χ3n) is 2.91. The average molecular weight is 249 g/mol. The molecule has 0 saturated carbocycles. The second-order valence-corrected chi connectivity index (χ2v) is 4.22. The van der Waals surface area contributed by atoms with Gasteiger partial charge < -0.3 is 5.11 Å². The van der Waals surface area contributed by atoms with E-state index in [1.54, 1.807) is 0 Å². The highest BCUT2D eigenvalue weighted by Crippen LogP contribution is 2.09. The molecule has 6 nitrogen and oxygen atoms in total. The number of rotatable bonds is 3. The molecular formula is C12H15N3O3. The number of amides is 1. The number of hydrazine groups is 1. The lowest BCUT2D eigenvalue weighted by Gasteiger charge is -2.26. The lowest BCUT2D eigenvalue weighted by molar-refractivity contribution is 0.0674. The van der Waals surface area contributed by atoms with Crippen LogP contribution in [0.5, 0.6) is 0 Å². The van der Waals surface area contributed by atoms with Crippen molar-refractivity contribution in [2.45, 2.75) is 19.3 Å². The molecule has 1 aromatic heterocycles. The molecule has 0 aliphatic carbocycles. The number of nitrogens with one attached hydrogen (secondary N) is 1. The second-order valence-electron chi connectivity index (χ2n) is 4.22. The minimum Gasteiger partial charge on any atom is -0.478 e. The summed E-state index contributed by atoms with van der Waals surface area (Å²) < 4.78 is 0. The molecule has 1 amide bonds. The molecule has 1 aliphatic heterocycles. The zero-order valence-corrected chi connectivity index (χ0v) is 9.93. The summed E-state index contributed by atoms with van der Waals surface area (Å²) in [5, 5.41) is 10.8. The fourth-order valence-corrected chi connectivity index (χ4v) is 1.97. The van der Waals surface area contributed by atoms with E-state index in [0.717, 1.165) is 25.9 Å². The molecule has 0 bridgehead atoms. The van der Waals surface area contributed by atoms with Crippen molar-refractivity contribution < 1.29 is 14.7 Å². The molecule has 0 aromatic carbocycles. The molecule has 1 aromatic rings. The number of carbonyl (C=O) groups excluding carboxylic acids is 1. The average Bonchev–Trinajstić information content (AvgIpc) is 2.40. The number of carbonyl (C=O) groups is 2. The van der Waals surface area contributed by atoms with Crippen molar-refractivity contribution in [3.8, 4) is 0 Å². The van der Waals surface area contributed by atoms with Gasteiger partial charge in [0.25, 0.3) is 5.91 Å². The minimum atomic E-state index is -1.15. The first-order chi connectivity index (χ1) is 8.68. The predicted octanol–water partition coefficient (Wildman–Crippen LogP) is 0.910. The molecule has 0 radical (unpaired) electrons. The highest BCUT2D eigenvalue weighted by atomic mass is 16.4. The number of carboxylic acids is 1. The third kappa shape index (κ3) is 2.84. The van der Waals surface area contributed by atoms with Crippen molar-refractivity contribution in [3.63, 3.8) is 0 Å². The Kier molecular flexibility index (Phi) is 3.88. The van der Waals surface area contributed by atoms with Crippen LogP contribution < -0.4 is 5.43 Å². The number of aromatic carboxylic acids is 1. The maximum Gasteiger partial charge on any atom is 0.338 e. The van der Waals surface area contributed by atoms with E-state index < -0.39 is 11.9 Å². The molecule has 2 heterocycles. The van der Waals surface area contributed by atoms with Gasteiger partial charge in [0.15, 0.2) is 0 Å². The van der Waals surface area contributed by atoms with Gasteiger partial charge in [-0.05, 0) is 18.9 Å². The number of hydrogen-bond donors (Lipinski definition) is 2. The topological polar surface area (TPSA) is 82.5 Å². The summed E-state index contributed by atoms with van der Waals surface area (Å²) in [6.07, 6.45) is 5.86. The summed E-state index contributed by atoms with van der Waals surface area (Å²) in [4.78, 5) is 26.7. The minimum absolute atomic E-state index is 0.0768. The first kappa shape index (κ1) is 12.5. The molecule has 0 atom stereocenters. The SMILES string of the molecule is O=C(O)c1cnccc1C(=O)NN1CCCCC1. The van der Waals surface area contributed by atoms with Crippen LogP contribution in [0.1, 0.15) is 40.0 Å². The molecule has 2 rings (SSSR count). The Morgan fingerprint density at radius 3 is 2.61 bits per heavy atom. The molecular weight excluding hydrogens is 234 g/mol. The van der Waals surface area contributed by atoms with E-state index in [1.807, 2.05) is 5.01 Å². The summed E-state index contributed by atoms with van der Waals surface area (Å²) >= 11 is 0. The van der Waals surface area contributed by atoms with Gasteiger partial charge in [-0.1, -0.05) is 6.42 Å². The van der Waals surface area contributed by atoms with Crippen LogP contribution in [-0.2, 0) is 0 Å². The van der Waals surface area contributed by atoms with Crippen LogP contribution in [0.25, 0.3) is 0 Å². The van der Waals surface area contributed by atoms with Crippen molar-refractivity contribution in [3.05, 3.63) is 29.6 Å². The third-order valence-corrected chi connectivity index (χ3v) is 2.91. The highest BCUT2D eigenvalue weighted by Gasteiger charge is 2.19. The van der Waals surface area contributed by atoms with Crippen LogP contribution >= 0.6 is 0 Å². The van der Waals surface area contributed by atoms with Crippen molar-refractivity contribution in [1.82, 2.24) is 15.4 Å². The van der Waals surface area contributed by atoms with Gasteiger partial charge in [-0.2, -0.15) is 0 Å². The fourth-order valence-electron chi connectivity index (χ4n) is 1.97. The summed E-state index contributed by atoms with van der Waals surface area (Å²) in [6, 6.07) is 1.42. The number of aromatic nitrogens is 1. The molecule has 1 saturated heterocycles. The number of nitrogens with zero attached hydrogens (tertiary/aromatic N) is 2. The van der Waals surface area contributed by atoms with Gasteiger partial charge in [-0.15, -0.1) is 0 Å². The van der Waals surface area contributed by atoms with Crippen molar-refractivity contribution in [2.24, 2.45) is 0 Å². The quantitative estimate of drug-likeness (QED) is 0.832. The molecule has 0 unspecified atom stereocenters. The Morgan fingerprint density at radius 2 is 1.94 bits per heavy atom. The Bertz CT molecular complexity index is 456. The van der Waals surface area contributed by atoms with Crippen LogP contribution in [0.3, 0.4) is 0 Å². The Balaban J connectivity index is 2.10. The zero-order valence-electron chi connectivity index (χ0n) is 9.93. The van der Waals surface area contributed by atoms with Crippen LogP contribution in [0.4, 0.5) is 0 Å². The van der Waals surface area contributed by atoms with Crippen LogP contribution in [0.2, 0.25) is 0 Å².